The SMILES string of the molecule is Cc1cnc(NC(=O)CCC2CC(=O)C3(C)CCC4c5cc([N+](=O)[O-])c(OS(=O)(=O)C(F)(F)F)cc5CCC4C23)s1. The van der Waals surface area contributed by atoms with Gasteiger partial charge < -0.3 is 9.50 Å². The van der Waals surface area contributed by atoms with Gasteiger partial charge in [-0.3, -0.25) is 19.7 Å². The lowest BCUT2D eigenvalue weighted by Crippen LogP contribution is -2.44. The van der Waals surface area contributed by atoms with Crippen LogP contribution in [0.5, 0.6) is 5.75 Å². The fraction of sp³-hybridized carbons (Fsp3) is 0.577. The summed E-state index contributed by atoms with van der Waals surface area (Å²) in [4.78, 5) is 41.8. The summed E-state index contributed by atoms with van der Waals surface area (Å²) in [6.45, 7) is 3.83. The molecule has 1 aromatic carbocycles. The molecule has 41 heavy (non-hydrogen) atoms. The third kappa shape index (κ3) is 5.33. The molecule has 0 spiro atoms. The van der Waals surface area contributed by atoms with Crippen LogP contribution in [0, 0.1) is 40.2 Å². The first kappa shape index (κ1) is 29.4. The van der Waals surface area contributed by atoms with Gasteiger partial charge in [0.2, 0.25) is 11.7 Å². The smallest absolute Gasteiger partial charge is 0.369 e. The number of Topliss-reactive ketones (excluding diaryl/α,β-unsaturated/α-hetero) is 1. The number of aromatic nitrogens is 1. The molecule has 0 saturated heterocycles. The molecule has 1 N–H and O–H groups in total. The molecule has 5 unspecified atom stereocenters. The molecule has 3 aliphatic rings. The standard InChI is InChI=1S/C26H28F3N3O7S2/c1-13-12-30-24(40-13)31-22(34)6-4-15-10-21(33)25(2)8-7-16-17(23(15)25)5-3-14-9-20(19(32(35)36)11-18(14)16)39-41(37,38)26(27,28)29/h9,11-12,15-17,23H,3-8,10H2,1-2H3,(H,30,31,34). The van der Waals surface area contributed by atoms with Gasteiger partial charge in [0.15, 0.2) is 5.13 Å². The van der Waals surface area contributed by atoms with Gasteiger partial charge >= 0.3 is 21.3 Å². The average Bonchev–Trinajstić information content (AvgIpc) is 3.40. The van der Waals surface area contributed by atoms with Gasteiger partial charge in [0.25, 0.3) is 0 Å². The zero-order valence-electron chi connectivity index (χ0n) is 22.2. The van der Waals surface area contributed by atoms with Gasteiger partial charge in [-0.2, -0.15) is 21.6 Å². The van der Waals surface area contributed by atoms with Crippen LogP contribution < -0.4 is 9.50 Å². The number of nitrogens with one attached hydrogen (secondary N) is 1. The second-order valence-electron chi connectivity index (χ2n) is 11.3. The van der Waals surface area contributed by atoms with Gasteiger partial charge in [0.05, 0.1) is 4.92 Å². The molecule has 1 heterocycles. The van der Waals surface area contributed by atoms with Crippen LogP contribution in [0.15, 0.2) is 18.3 Å². The number of amides is 1. The highest BCUT2D eigenvalue weighted by Crippen LogP contribution is 2.62. The van der Waals surface area contributed by atoms with Gasteiger partial charge in [-0.25, -0.2) is 4.98 Å². The zero-order valence-corrected chi connectivity index (χ0v) is 23.8. The Morgan fingerprint density at radius 3 is 2.68 bits per heavy atom. The van der Waals surface area contributed by atoms with Crippen molar-refractivity contribution in [2.75, 3.05) is 5.32 Å². The summed E-state index contributed by atoms with van der Waals surface area (Å²) in [6, 6.07) is 2.16. The molecule has 2 fully saturated rings. The van der Waals surface area contributed by atoms with Crippen LogP contribution in [0.2, 0.25) is 0 Å². The summed E-state index contributed by atoms with van der Waals surface area (Å²) in [5.74, 6) is -1.41. The first-order valence-corrected chi connectivity index (χ1v) is 15.4. The van der Waals surface area contributed by atoms with Crippen molar-refractivity contribution in [3.05, 3.63) is 44.4 Å². The quantitative estimate of drug-likeness (QED) is 0.182. The van der Waals surface area contributed by atoms with Crippen molar-refractivity contribution in [2.45, 2.75) is 70.2 Å². The van der Waals surface area contributed by atoms with Crippen molar-refractivity contribution < 1.29 is 40.3 Å². The molecule has 0 radical (unpaired) electrons. The van der Waals surface area contributed by atoms with Gasteiger partial charge in [0, 0.05) is 35.4 Å². The van der Waals surface area contributed by atoms with Crippen molar-refractivity contribution in [3.63, 3.8) is 0 Å². The predicted octanol–water partition coefficient (Wildman–Crippen LogP) is 5.66. The van der Waals surface area contributed by atoms with E-state index in [1.807, 2.05) is 13.8 Å². The predicted molar refractivity (Wildman–Crippen MR) is 142 cm³/mol. The third-order valence-electron chi connectivity index (χ3n) is 8.94. The maximum absolute atomic E-state index is 13.2. The van der Waals surface area contributed by atoms with Crippen LogP contribution >= 0.6 is 11.3 Å². The minimum absolute atomic E-state index is 0.0346. The molecule has 5 rings (SSSR count). The highest BCUT2D eigenvalue weighted by atomic mass is 32.2. The molecule has 1 amide bonds. The summed E-state index contributed by atoms with van der Waals surface area (Å²) in [5, 5.41) is 15.1. The van der Waals surface area contributed by atoms with E-state index in [0.717, 1.165) is 17.0 Å². The minimum atomic E-state index is -6.10. The monoisotopic (exact) mass is 615 g/mol. The van der Waals surface area contributed by atoms with Crippen LogP contribution in [-0.2, 0) is 26.1 Å². The van der Waals surface area contributed by atoms with Crippen LogP contribution in [0.25, 0.3) is 0 Å². The number of aryl methyl sites for hydroxylation is 2. The Balaban J connectivity index is 1.40. The Kier molecular flexibility index (Phi) is 7.41. The molecule has 0 bridgehead atoms. The third-order valence-corrected chi connectivity index (χ3v) is 10.7. The number of carbonyl (C=O) groups excluding carboxylic acids is 2. The summed E-state index contributed by atoms with van der Waals surface area (Å²) in [7, 11) is -6.10. The van der Waals surface area contributed by atoms with E-state index < -0.39 is 37.4 Å². The number of fused-ring (bicyclic) bond motifs is 5. The fourth-order valence-corrected chi connectivity index (χ4v) is 8.34. The minimum Gasteiger partial charge on any atom is -0.369 e. The summed E-state index contributed by atoms with van der Waals surface area (Å²) < 4.78 is 66.2. The van der Waals surface area contributed by atoms with E-state index >= 15 is 0 Å². The lowest BCUT2D eigenvalue weighted by Gasteiger charge is -2.49. The number of nitro benzene ring substituents is 1. The largest absolute Gasteiger partial charge is 0.534 e. The summed E-state index contributed by atoms with van der Waals surface area (Å²) in [6.07, 6.45) is 4.67. The van der Waals surface area contributed by atoms with Crippen LogP contribution in [-0.4, -0.2) is 35.5 Å². The molecule has 222 valence electrons. The van der Waals surface area contributed by atoms with Crippen molar-refractivity contribution >= 4 is 44.0 Å². The number of nitrogens with zero attached hydrogens (tertiary/aromatic N) is 2. The van der Waals surface area contributed by atoms with Gasteiger partial charge in [-0.05, 0) is 79.9 Å². The van der Waals surface area contributed by atoms with Crippen LogP contribution in [0.1, 0.15) is 67.4 Å². The molecular weight excluding hydrogens is 587 g/mol. The maximum atomic E-state index is 13.2. The number of hydrogen-bond donors (Lipinski definition) is 1. The first-order chi connectivity index (χ1) is 19.1. The Morgan fingerprint density at radius 2 is 2.05 bits per heavy atom. The average molecular weight is 616 g/mol. The number of carbonyl (C=O) groups is 2. The normalized spacial score (nSPS) is 27.5. The van der Waals surface area contributed by atoms with Gasteiger partial charge in [0.1, 0.15) is 5.78 Å². The highest BCUT2D eigenvalue weighted by Gasteiger charge is 2.58. The maximum Gasteiger partial charge on any atom is 0.534 e. The zero-order chi connectivity index (χ0) is 29.9. The highest BCUT2D eigenvalue weighted by molar-refractivity contribution is 7.88. The number of thiazole rings is 1. The van der Waals surface area contributed by atoms with Crippen LogP contribution in [0.4, 0.5) is 24.0 Å². The fourth-order valence-electron chi connectivity index (χ4n) is 7.20. The van der Waals surface area contributed by atoms with E-state index in [2.05, 4.69) is 14.5 Å². The van der Waals surface area contributed by atoms with E-state index in [4.69, 9.17) is 0 Å². The molecule has 0 aliphatic heterocycles. The number of anilines is 1. The lowest BCUT2D eigenvalue weighted by atomic mass is 9.54. The molecule has 15 heteroatoms. The molecule has 2 saturated carbocycles. The molecule has 1 aromatic heterocycles. The second-order valence-corrected chi connectivity index (χ2v) is 14.1. The number of benzene rings is 1. The van der Waals surface area contributed by atoms with Crippen molar-refractivity contribution in [2.24, 2.45) is 23.2 Å². The lowest BCUT2D eigenvalue weighted by molar-refractivity contribution is -0.385. The van der Waals surface area contributed by atoms with Crippen LogP contribution in [0.3, 0.4) is 0 Å². The second kappa shape index (κ2) is 10.3. The van der Waals surface area contributed by atoms with E-state index in [1.165, 1.54) is 11.3 Å². The van der Waals surface area contributed by atoms with Gasteiger partial charge in [-0.1, -0.05) is 6.92 Å². The topological polar surface area (TPSA) is 146 Å². The van der Waals surface area contributed by atoms with Gasteiger partial charge in [-0.15, -0.1) is 11.3 Å². The molecular formula is C26H28F3N3O7S2. The number of halogens is 3. The van der Waals surface area contributed by atoms with E-state index in [9.17, 15) is 41.3 Å². The number of rotatable bonds is 7. The Labute approximate surface area is 238 Å². The Hall–Kier alpha value is -3.07. The molecule has 3 aliphatic carbocycles. The molecule has 5 atom stereocenters. The number of alkyl halides is 3. The van der Waals surface area contributed by atoms with E-state index in [-0.39, 0.29) is 41.8 Å². The Morgan fingerprint density at radius 1 is 1.32 bits per heavy atom. The van der Waals surface area contributed by atoms with Crippen molar-refractivity contribution in [3.8, 4) is 5.75 Å². The van der Waals surface area contributed by atoms with Crippen molar-refractivity contribution in [1.29, 1.82) is 0 Å². The number of hydrogen-bond acceptors (Lipinski definition) is 9. The molecule has 2 aromatic rings. The summed E-state index contributed by atoms with van der Waals surface area (Å²) in [5.41, 5.74) is -6.13. The van der Waals surface area contributed by atoms with E-state index in [0.29, 0.717) is 54.8 Å². The van der Waals surface area contributed by atoms with E-state index in [1.54, 1.807) is 6.20 Å². The number of ketones is 1. The summed E-state index contributed by atoms with van der Waals surface area (Å²) >= 11 is 1.37. The van der Waals surface area contributed by atoms with Crippen molar-refractivity contribution in [1.82, 2.24) is 4.98 Å². The first-order valence-electron chi connectivity index (χ1n) is 13.2. The molecule has 10 nitrogen and oxygen atoms in total. The number of nitro groups is 1. The Bertz CT molecular complexity index is 1520.